The third-order valence-corrected chi connectivity index (χ3v) is 3.31. The first-order valence-corrected chi connectivity index (χ1v) is 5.97. The summed E-state index contributed by atoms with van der Waals surface area (Å²) in [6.45, 7) is 1.15. The fourth-order valence-corrected chi connectivity index (χ4v) is 2.43. The number of fused-ring (bicyclic) bond motifs is 1. The van der Waals surface area contributed by atoms with Crippen molar-refractivity contribution in [3.05, 3.63) is 29.3 Å². The Morgan fingerprint density at radius 3 is 2.83 bits per heavy atom. The van der Waals surface area contributed by atoms with E-state index in [0.717, 1.165) is 24.5 Å². The number of halogens is 3. The smallest absolute Gasteiger partial charge is 0.385 e. The van der Waals surface area contributed by atoms with Crippen LogP contribution >= 0.6 is 0 Å². The lowest BCUT2D eigenvalue weighted by molar-refractivity contribution is -0.137. The minimum atomic E-state index is -4.30. The first-order chi connectivity index (χ1) is 8.54. The average Bonchev–Trinajstić information content (AvgIpc) is 2.34. The van der Waals surface area contributed by atoms with Gasteiger partial charge in [0.05, 0.1) is 5.56 Å². The lowest BCUT2D eigenvalue weighted by Gasteiger charge is -2.29. The Balaban J connectivity index is 2.34. The summed E-state index contributed by atoms with van der Waals surface area (Å²) in [5.41, 5.74) is 0.438. The molecule has 100 valence electrons. The van der Waals surface area contributed by atoms with E-state index in [2.05, 4.69) is 5.32 Å². The van der Waals surface area contributed by atoms with Gasteiger partial charge in [0.1, 0.15) is 0 Å². The maximum Gasteiger partial charge on any atom is 0.418 e. The van der Waals surface area contributed by atoms with E-state index >= 15 is 0 Å². The van der Waals surface area contributed by atoms with Gasteiger partial charge in [0.25, 0.3) is 0 Å². The Bertz CT molecular complexity index is 417. The Morgan fingerprint density at radius 1 is 1.39 bits per heavy atom. The summed E-state index contributed by atoms with van der Waals surface area (Å²) in [7, 11) is 1.61. The first kappa shape index (κ1) is 13.2. The molecule has 2 rings (SSSR count). The van der Waals surface area contributed by atoms with Gasteiger partial charge in [-0.3, -0.25) is 0 Å². The van der Waals surface area contributed by atoms with Crippen molar-refractivity contribution in [3.63, 3.8) is 0 Å². The number of benzene rings is 1. The molecule has 5 heteroatoms. The topological polar surface area (TPSA) is 21.3 Å². The molecule has 1 aromatic carbocycles. The first-order valence-electron chi connectivity index (χ1n) is 5.97. The highest BCUT2D eigenvalue weighted by Crippen LogP contribution is 2.42. The van der Waals surface area contributed by atoms with Crippen LogP contribution in [0.2, 0.25) is 0 Å². The summed E-state index contributed by atoms with van der Waals surface area (Å²) in [5, 5.41) is 2.88. The Labute approximate surface area is 104 Å². The average molecular weight is 259 g/mol. The number of nitrogens with one attached hydrogen (secondary N) is 1. The number of hydrogen-bond acceptors (Lipinski definition) is 2. The molecule has 18 heavy (non-hydrogen) atoms. The standard InChI is InChI=1S/C13H16F3NO/c1-18-8-6-9-5-7-17-12-10(9)3-2-4-11(12)13(14,15)16/h2-4,9,17H,5-8H2,1H3. The van der Waals surface area contributed by atoms with Crippen LogP contribution in [-0.4, -0.2) is 20.3 Å². The Hall–Kier alpha value is -1.23. The van der Waals surface area contributed by atoms with E-state index < -0.39 is 11.7 Å². The molecule has 1 N–H and O–H groups in total. The van der Waals surface area contributed by atoms with Crippen LogP contribution in [0, 0.1) is 0 Å². The zero-order chi connectivity index (χ0) is 13.2. The summed E-state index contributed by atoms with van der Waals surface area (Å²) in [4.78, 5) is 0. The van der Waals surface area contributed by atoms with Crippen molar-refractivity contribution in [2.45, 2.75) is 24.9 Å². The van der Waals surface area contributed by atoms with Gasteiger partial charge in [-0.25, -0.2) is 0 Å². The van der Waals surface area contributed by atoms with Gasteiger partial charge < -0.3 is 10.1 Å². The number of para-hydroxylation sites is 1. The van der Waals surface area contributed by atoms with E-state index in [1.54, 1.807) is 13.2 Å². The van der Waals surface area contributed by atoms with E-state index in [1.807, 2.05) is 0 Å². The van der Waals surface area contributed by atoms with E-state index in [9.17, 15) is 13.2 Å². The lowest BCUT2D eigenvalue weighted by atomic mass is 9.87. The van der Waals surface area contributed by atoms with Crippen LogP contribution in [0.5, 0.6) is 0 Å². The van der Waals surface area contributed by atoms with E-state index in [4.69, 9.17) is 4.74 Å². The molecule has 0 amide bonds. The van der Waals surface area contributed by atoms with Crippen molar-refractivity contribution in [2.24, 2.45) is 0 Å². The number of anilines is 1. The summed E-state index contributed by atoms with van der Waals surface area (Å²) >= 11 is 0. The summed E-state index contributed by atoms with van der Waals surface area (Å²) in [6.07, 6.45) is -2.70. The largest absolute Gasteiger partial charge is 0.418 e. The van der Waals surface area contributed by atoms with Gasteiger partial charge in [-0.2, -0.15) is 13.2 Å². The summed E-state index contributed by atoms with van der Waals surface area (Å²) in [6, 6.07) is 4.38. The molecular formula is C13H16F3NO. The van der Waals surface area contributed by atoms with Crippen molar-refractivity contribution in [3.8, 4) is 0 Å². The third-order valence-electron chi connectivity index (χ3n) is 3.31. The molecule has 1 unspecified atom stereocenters. The molecule has 0 radical (unpaired) electrons. The van der Waals surface area contributed by atoms with Crippen LogP contribution in [0.1, 0.15) is 29.9 Å². The molecule has 0 fully saturated rings. The zero-order valence-electron chi connectivity index (χ0n) is 10.2. The second-order valence-corrected chi connectivity index (χ2v) is 4.46. The minimum absolute atomic E-state index is 0.142. The van der Waals surface area contributed by atoms with Crippen molar-refractivity contribution in [1.82, 2.24) is 0 Å². The van der Waals surface area contributed by atoms with Gasteiger partial charge in [0.2, 0.25) is 0 Å². The molecule has 1 aliphatic heterocycles. The Kier molecular flexibility index (Phi) is 3.80. The van der Waals surface area contributed by atoms with Crippen LogP contribution < -0.4 is 5.32 Å². The molecular weight excluding hydrogens is 243 g/mol. The molecule has 0 saturated heterocycles. The number of methoxy groups -OCH3 is 1. The van der Waals surface area contributed by atoms with Crippen LogP contribution in [0.15, 0.2) is 18.2 Å². The predicted molar refractivity (Wildman–Crippen MR) is 63.8 cm³/mol. The summed E-state index contributed by atoms with van der Waals surface area (Å²) < 4.78 is 43.7. The maximum atomic E-state index is 12.9. The van der Waals surface area contributed by atoms with E-state index in [-0.39, 0.29) is 11.6 Å². The monoisotopic (exact) mass is 259 g/mol. The second kappa shape index (κ2) is 5.18. The number of rotatable bonds is 3. The highest BCUT2D eigenvalue weighted by atomic mass is 19.4. The molecule has 1 atom stereocenters. The molecule has 1 aromatic rings. The van der Waals surface area contributed by atoms with Gasteiger partial charge in [-0.15, -0.1) is 0 Å². The number of hydrogen-bond donors (Lipinski definition) is 1. The third kappa shape index (κ3) is 2.61. The van der Waals surface area contributed by atoms with Gasteiger partial charge in [0.15, 0.2) is 0 Å². The highest BCUT2D eigenvalue weighted by molar-refractivity contribution is 5.61. The van der Waals surface area contributed by atoms with Gasteiger partial charge in [-0.1, -0.05) is 12.1 Å². The van der Waals surface area contributed by atoms with Crippen LogP contribution in [0.25, 0.3) is 0 Å². The molecule has 0 bridgehead atoms. The lowest BCUT2D eigenvalue weighted by Crippen LogP contribution is -2.21. The van der Waals surface area contributed by atoms with Gasteiger partial charge >= 0.3 is 6.18 Å². The number of ether oxygens (including phenoxy) is 1. The van der Waals surface area contributed by atoms with Crippen molar-refractivity contribution < 1.29 is 17.9 Å². The quantitative estimate of drug-likeness (QED) is 0.894. The fourth-order valence-electron chi connectivity index (χ4n) is 2.43. The van der Waals surface area contributed by atoms with E-state index in [1.165, 1.54) is 6.07 Å². The van der Waals surface area contributed by atoms with Crippen LogP contribution in [-0.2, 0) is 10.9 Å². The maximum absolute atomic E-state index is 12.9. The molecule has 0 aromatic heterocycles. The molecule has 0 aliphatic carbocycles. The number of alkyl halides is 3. The van der Waals surface area contributed by atoms with Crippen LogP contribution in [0.3, 0.4) is 0 Å². The van der Waals surface area contributed by atoms with Crippen LogP contribution in [0.4, 0.5) is 18.9 Å². The Morgan fingerprint density at radius 2 is 2.17 bits per heavy atom. The van der Waals surface area contributed by atoms with E-state index in [0.29, 0.717) is 13.2 Å². The zero-order valence-corrected chi connectivity index (χ0v) is 10.2. The SMILES string of the molecule is COCCC1CCNc2c1cccc2C(F)(F)F. The normalized spacial score (nSPS) is 19.2. The van der Waals surface area contributed by atoms with Gasteiger partial charge in [0, 0.05) is 25.9 Å². The molecule has 1 aliphatic rings. The molecule has 2 nitrogen and oxygen atoms in total. The highest BCUT2D eigenvalue weighted by Gasteiger charge is 2.36. The fraction of sp³-hybridized carbons (Fsp3) is 0.538. The van der Waals surface area contributed by atoms with Crippen molar-refractivity contribution in [1.29, 1.82) is 0 Å². The molecule has 1 heterocycles. The second-order valence-electron chi connectivity index (χ2n) is 4.46. The summed E-state index contributed by atoms with van der Waals surface area (Å²) in [5.74, 6) is 0.142. The predicted octanol–water partition coefficient (Wildman–Crippen LogP) is 3.64. The van der Waals surface area contributed by atoms with Crippen molar-refractivity contribution >= 4 is 5.69 Å². The minimum Gasteiger partial charge on any atom is -0.385 e. The molecule has 0 spiro atoms. The van der Waals surface area contributed by atoms with Crippen molar-refractivity contribution in [2.75, 3.05) is 25.6 Å². The molecule has 0 saturated carbocycles. The van der Waals surface area contributed by atoms with Gasteiger partial charge in [-0.05, 0) is 30.4 Å².